The molecule has 1 aliphatic heterocycles. The highest BCUT2D eigenvalue weighted by Crippen LogP contribution is 2.17. The highest BCUT2D eigenvalue weighted by molar-refractivity contribution is 5.89. The lowest BCUT2D eigenvalue weighted by Gasteiger charge is -2.24. The maximum atomic E-state index is 12.9. The highest BCUT2D eigenvalue weighted by atomic mass is 16.2. The highest BCUT2D eigenvalue weighted by Gasteiger charge is 2.24. The first-order valence-corrected chi connectivity index (χ1v) is 10.5. The van der Waals surface area contributed by atoms with E-state index < -0.39 is 23.4 Å². The van der Waals surface area contributed by atoms with Gasteiger partial charge in [0.15, 0.2) is 0 Å². The zero-order valence-electron chi connectivity index (χ0n) is 18.1. The van der Waals surface area contributed by atoms with Crippen LogP contribution in [0.4, 0.5) is 5.69 Å². The summed E-state index contributed by atoms with van der Waals surface area (Å²) in [4.78, 5) is 63.9. The van der Waals surface area contributed by atoms with Crippen LogP contribution in [0.3, 0.4) is 0 Å². The second-order valence-corrected chi connectivity index (χ2v) is 7.75. The summed E-state index contributed by atoms with van der Waals surface area (Å²) in [6.45, 7) is 0.295. The van der Waals surface area contributed by atoms with Crippen molar-refractivity contribution in [1.29, 1.82) is 0 Å². The van der Waals surface area contributed by atoms with Crippen molar-refractivity contribution in [3.8, 4) is 0 Å². The number of hydrogen-bond donors (Lipinski definition) is 2. The number of nitrogens with zero attached hydrogens (tertiary/aromatic N) is 3. The maximum absolute atomic E-state index is 12.9. The second-order valence-electron chi connectivity index (χ2n) is 7.75. The number of nitrogens with one attached hydrogen (secondary N) is 2. The Morgan fingerprint density at radius 3 is 2.45 bits per heavy atom. The first-order valence-electron chi connectivity index (χ1n) is 10.5. The molecule has 0 bridgehead atoms. The van der Waals surface area contributed by atoms with E-state index in [4.69, 9.17) is 0 Å². The van der Waals surface area contributed by atoms with Crippen LogP contribution in [0, 0.1) is 0 Å². The van der Waals surface area contributed by atoms with E-state index in [0.29, 0.717) is 19.4 Å². The third-order valence-electron chi connectivity index (χ3n) is 5.44. The van der Waals surface area contributed by atoms with Crippen LogP contribution in [0.15, 0.2) is 23.1 Å². The Morgan fingerprint density at radius 1 is 1.00 bits per heavy atom. The van der Waals surface area contributed by atoms with Crippen molar-refractivity contribution in [2.75, 3.05) is 39.0 Å². The van der Waals surface area contributed by atoms with Crippen molar-refractivity contribution >= 4 is 29.8 Å². The Balaban J connectivity index is 2.21. The summed E-state index contributed by atoms with van der Waals surface area (Å²) in [5, 5.41) is 4.94. The van der Waals surface area contributed by atoms with E-state index >= 15 is 0 Å². The fraction of sp³-hybridized carbons (Fsp3) is 0.571. The van der Waals surface area contributed by atoms with Crippen LogP contribution in [-0.4, -0.2) is 72.2 Å². The van der Waals surface area contributed by atoms with E-state index in [1.807, 2.05) is 0 Å². The van der Waals surface area contributed by atoms with E-state index in [0.717, 1.165) is 32.1 Å². The predicted molar refractivity (Wildman–Crippen MR) is 115 cm³/mol. The van der Waals surface area contributed by atoms with E-state index in [9.17, 15) is 24.0 Å². The van der Waals surface area contributed by atoms with Gasteiger partial charge in [-0.05, 0) is 25.0 Å². The van der Waals surface area contributed by atoms with Crippen molar-refractivity contribution in [2.45, 2.75) is 44.6 Å². The average molecular weight is 434 g/mol. The summed E-state index contributed by atoms with van der Waals surface area (Å²) in [7, 11) is 3.24. The van der Waals surface area contributed by atoms with Crippen LogP contribution >= 0.6 is 0 Å². The normalized spacial score (nSPS) is 20.3. The Labute approximate surface area is 181 Å². The van der Waals surface area contributed by atoms with Gasteiger partial charge < -0.3 is 25.0 Å². The van der Waals surface area contributed by atoms with E-state index in [-0.39, 0.29) is 24.7 Å². The molecule has 1 aliphatic rings. The lowest BCUT2D eigenvalue weighted by Crippen LogP contribution is -2.45. The minimum Gasteiger partial charge on any atom is -0.345 e. The molecule has 1 fully saturated rings. The smallest absolute Gasteiger partial charge is 0.275 e. The zero-order chi connectivity index (χ0) is 22.8. The Bertz CT molecular complexity index is 853. The van der Waals surface area contributed by atoms with Gasteiger partial charge in [-0.2, -0.15) is 0 Å². The number of hydrogen-bond acceptors (Lipinski definition) is 5. The molecule has 2 heterocycles. The van der Waals surface area contributed by atoms with Crippen molar-refractivity contribution in [1.82, 2.24) is 19.7 Å². The quantitative estimate of drug-likeness (QED) is 0.666. The molecule has 31 heavy (non-hydrogen) atoms. The molecule has 0 aliphatic carbocycles. The van der Waals surface area contributed by atoms with Crippen molar-refractivity contribution in [2.24, 2.45) is 0 Å². The molecule has 170 valence electrons. The summed E-state index contributed by atoms with van der Waals surface area (Å²) in [6, 6.07) is 2.24. The number of likely N-dealkylation sites (N-methyl/N-ethyl adjacent to an activating group) is 2. The lowest BCUT2D eigenvalue weighted by molar-refractivity contribution is -0.139. The average Bonchev–Trinajstić information content (AvgIpc) is 2.74. The van der Waals surface area contributed by atoms with Crippen LogP contribution in [0.5, 0.6) is 0 Å². The SMILES string of the molecule is CN1CCCCCCCC(n2cccc(NC=O)c2=O)C(=O)NCC(=O)N(C)CC1=O. The zero-order valence-corrected chi connectivity index (χ0v) is 18.1. The van der Waals surface area contributed by atoms with E-state index in [1.54, 1.807) is 18.0 Å². The summed E-state index contributed by atoms with van der Waals surface area (Å²) in [5.74, 6) is -1.01. The summed E-state index contributed by atoms with van der Waals surface area (Å²) >= 11 is 0. The number of rotatable bonds is 3. The molecule has 2 N–H and O–H groups in total. The predicted octanol–water partition coefficient (Wildman–Crippen LogP) is 0.345. The molecule has 1 saturated heterocycles. The van der Waals surface area contributed by atoms with Gasteiger partial charge >= 0.3 is 0 Å². The minimum absolute atomic E-state index is 0.0620. The fourth-order valence-corrected chi connectivity index (χ4v) is 3.49. The summed E-state index contributed by atoms with van der Waals surface area (Å²) < 4.78 is 1.29. The third-order valence-corrected chi connectivity index (χ3v) is 5.44. The van der Waals surface area contributed by atoms with Crippen LogP contribution in [-0.2, 0) is 19.2 Å². The van der Waals surface area contributed by atoms with Gasteiger partial charge in [-0.3, -0.25) is 24.0 Å². The third kappa shape index (κ3) is 6.94. The van der Waals surface area contributed by atoms with Crippen molar-refractivity contribution in [3.05, 3.63) is 28.7 Å². The molecule has 1 atom stereocenters. The lowest BCUT2D eigenvalue weighted by atomic mass is 10.0. The van der Waals surface area contributed by atoms with Crippen LogP contribution in [0.2, 0.25) is 0 Å². The molecular formula is C21H31N5O5. The molecule has 0 saturated carbocycles. The van der Waals surface area contributed by atoms with Gasteiger partial charge in [-0.15, -0.1) is 0 Å². The Morgan fingerprint density at radius 2 is 1.71 bits per heavy atom. The number of carbonyl (C=O) groups is 4. The molecule has 0 radical (unpaired) electrons. The minimum atomic E-state index is -0.806. The maximum Gasteiger partial charge on any atom is 0.275 e. The molecule has 0 spiro atoms. The monoisotopic (exact) mass is 433 g/mol. The number of anilines is 1. The van der Waals surface area contributed by atoms with Gasteiger partial charge in [-0.1, -0.05) is 25.7 Å². The van der Waals surface area contributed by atoms with Crippen molar-refractivity contribution in [3.63, 3.8) is 0 Å². The first-order chi connectivity index (χ1) is 14.8. The van der Waals surface area contributed by atoms with Gasteiger partial charge in [-0.25, -0.2) is 0 Å². The summed E-state index contributed by atoms with van der Waals surface area (Å²) in [5.41, 5.74) is -0.405. The molecular weight excluding hydrogens is 402 g/mol. The summed E-state index contributed by atoms with van der Waals surface area (Å²) in [6.07, 6.45) is 6.71. The second kappa shape index (κ2) is 11.9. The van der Waals surface area contributed by atoms with E-state index in [2.05, 4.69) is 10.6 Å². The molecule has 10 nitrogen and oxygen atoms in total. The molecule has 1 unspecified atom stereocenters. The molecule has 10 heteroatoms. The fourth-order valence-electron chi connectivity index (χ4n) is 3.49. The van der Waals surface area contributed by atoms with Crippen LogP contribution in [0.1, 0.15) is 44.6 Å². The molecule has 4 amide bonds. The first kappa shape index (κ1) is 24.1. The van der Waals surface area contributed by atoms with Crippen molar-refractivity contribution < 1.29 is 19.2 Å². The van der Waals surface area contributed by atoms with Gasteiger partial charge in [0.1, 0.15) is 11.7 Å². The van der Waals surface area contributed by atoms with Crippen LogP contribution < -0.4 is 16.2 Å². The molecule has 2 rings (SSSR count). The standard InChI is InChI=1S/C21H31N5O5/c1-24-11-7-5-3-4-6-10-17(26-12-8-9-16(21(26)31)23-15-27)20(30)22-13-18(28)25(2)14-19(24)29/h8-9,12,15,17H,3-7,10-11,13-14H2,1-2H3,(H,22,30)(H,23,27). The Kier molecular flexibility index (Phi) is 9.23. The number of amides is 4. The topological polar surface area (TPSA) is 121 Å². The van der Waals surface area contributed by atoms with Gasteiger partial charge in [0.25, 0.3) is 5.56 Å². The number of pyridine rings is 1. The molecule has 0 aromatic carbocycles. The van der Waals surface area contributed by atoms with E-state index in [1.165, 1.54) is 28.8 Å². The molecule has 1 aromatic heterocycles. The largest absolute Gasteiger partial charge is 0.345 e. The molecule has 1 aromatic rings. The number of aromatic nitrogens is 1. The Hall–Kier alpha value is -3.17. The van der Waals surface area contributed by atoms with Gasteiger partial charge in [0.05, 0.1) is 13.1 Å². The van der Waals surface area contributed by atoms with Gasteiger partial charge in [0.2, 0.25) is 24.1 Å². The van der Waals surface area contributed by atoms with Crippen LogP contribution in [0.25, 0.3) is 0 Å². The number of carbonyl (C=O) groups excluding carboxylic acids is 4. The van der Waals surface area contributed by atoms with Gasteiger partial charge in [0, 0.05) is 26.8 Å².